The summed E-state index contributed by atoms with van der Waals surface area (Å²) in [5.74, 6) is -0.209. The largest absolute Gasteiger partial charge is 0.573 e. The van der Waals surface area contributed by atoms with Gasteiger partial charge in [-0.2, -0.15) is 8.78 Å². The van der Waals surface area contributed by atoms with Gasteiger partial charge < -0.3 is 9.47 Å². The second-order valence-electron chi connectivity index (χ2n) is 9.37. The molecule has 194 valence electrons. The molecule has 1 fully saturated rings. The van der Waals surface area contributed by atoms with Crippen LogP contribution in [0.2, 0.25) is 0 Å². The van der Waals surface area contributed by atoms with Crippen LogP contribution >= 0.6 is 0 Å². The van der Waals surface area contributed by atoms with E-state index >= 15 is 0 Å². The van der Waals surface area contributed by atoms with E-state index in [2.05, 4.69) is 44.6 Å². The molecule has 0 bridgehead atoms. The minimum absolute atomic E-state index is 0.228. The van der Waals surface area contributed by atoms with Crippen LogP contribution in [0, 0.1) is 11.8 Å². The normalized spacial score (nSPS) is 23.4. The minimum atomic E-state index is -4.87. The lowest BCUT2D eigenvalue weighted by molar-refractivity contribution is -0.274. The fourth-order valence-electron chi connectivity index (χ4n) is 5.09. The lowest BCUT2D eigenvalue weighted by Crippen LogP contribution is -2.25. The van der Waals surface area contributed by atoms with E-state index in [1.54, 1.807) is 5.57 Å². The number of allylic oxidation sites excluding steroid dienone is 4. The molecular weight excluding hydrogens is 479 g/mol. The summed E-state index contributed by atoms with van der Waals surface area (Å²) in [5.41, 5.74) is 2.39. The Hall–Kier alpha value is -2.97. The van der Waals surface area contributed by atoms with Gasteiger partial charge in [-0.15, -0.1) is 13.2 Å². The van der Waals surface area contributed by atoms with Crippen LogP contribution < -0.4 is 9.47 Å². The van der Waals surface area contributed by atoms with E-state index in [0.717, 1.165) is 68.4 Å². The molecule has 0 radical (unpaired) electrons. The molecule has 0 spiro atoms. The predicted molar refractivity (Wildman–Crippen MR) is 125 cm³/mol. The number of alkyl halides is 5. The molecule has 1 unspecified atom stereocenters. The SMILES string of the molecule is C/C=C/C1CC=C(C2CCC(c3cnc(C(F)(F)Oc4ccc(OC(F)(F)F)cc4)nc3)CC2)CC1. The number of ether oxygens (including phenoxy) is 2. The number of hydrogen-bond donors (Lipinski definition) is 0. The Morgan fingerprint density at radius 1 is 0.833 bits per heavy atom. The van der Waals surface area contributed by atoms with Gasteiger partial charge in [0, 0.05) is 12.4 Å². The summed E-state index contributed by atoms with van der Waals surface area (Å²) >= 11 is 0. The van der Waals surface area contributed by atoms with E-state index < -0.39 is 24.0 Å². The van der Waals surface area contributed by atoms with Crippen molar-refractivity contribution >= 4 is 0 Å². The Morgan fingerprint density at radius 2 is 1.42 bits per heavy atom. The third-order valence-corrected chi connectivity index (χ3v) is 6.91. The van der Waals surface area contributed by atoms with Gasteiger partial charge in [-0.05, 0) is 99.5 Å². The first-order valence-corrected chi connectivity index (χ1v) is 12.2. The summed E-state index contributed by atoms with van der Waals surface area (Å²) < 4.78 is 74.2. The zero-order valence-electron chi connectivity index (χ0n) is 20.0. The van der Waals surface area contributed by atoms with E-state index in [1.807, 2.05) is 0 Å². The number of aromatic nitrogens is 2. The van der Waals surface area contributed by atoms with E-state index in [9.17, 15) is 22.0 Å². The summed E-state index contributed by atoms with van der Waals surface area (Å²) in [5, 5.41) is 0. The van der Waals surface area contributed by atoms with Crippen molar-refractivity contribution in [2.75, 3.05) is 0 Å². The Kier molecular flexibility index (Phi) is 7.95. The van der Waals surface area contributed by atoms with Crippen molar-refractivity contribution < 1.29 is 31.4 Å². The van der Waals surface area contributed by atoms with Gasteiger partial charge in [0.15, 0.2) is 0 Å². The maximum absolute atomic E-state index is 14.6. The molecule has 1 atom stereocenters. The van der Waals surface area contributed by atoms with Crippen molar-refractivity contribution in [1.82, 2.24) is 9.97 Å². The molecule has 1 heterocycles. The van der Waals surface area contributed by atoms with E-state index in [0.29, 0.717) is 11.8 Å². The molecule has 0 saturated heterocycles. The molecule has 9 heteroatoms. The number of hydrogen-bond acceptors (Lipinski definition) is 4. The van der Waals surface area contributed by atoms with Gasteiger partial charge in [-0.1, -0.05) is 23.8 Å². The van der Waals surface area contributed by atoms with Crippen LogP contribution in [0.25, 0.3) is 0 Å². The number of rotatable bonds is 7. The second kappa shape index (κ2) is 11.0. The molecule has 0 amide bonds. The first-order valence-electron chi connectivity index (χ1n) is 12.2. The standard InChI is InChI=1S/C27H29F5N2O2/c1-2-3-18-4-6-19(7-5-18)20-8-10-21(11-9-20)22-16-33-25(34-17-22)26(28,29)35-23-12-14-24(15-13-23)36-27(30,31)32/h2-3,6,12-18,20-21H,4-5,7-11H2,1H3/b3-2+. The highest BCUT2D eigenvalue weighted by Crippen LogP contribution is 2.42. The molecule has 0 N–H and O–H groups in total. The molecule has 1 aromatic heterocycles. The molecule has 36 heavy (non-hydrogen) atoms. The van der Waals surface area contributed by atoms with Gasteiger partial charge >= 0.3 is 12.5 Å². The van der Waals surface area contributed by atoms with Crippen LogP contribution in [-0.4, -0.2) is 16.3 Å². The monoisotopic (exact) mass is 508 g/mol. The van der Waals surface area contributed by atoms with E-state index in [4.69, 9.17) is 0 Å². The highest BCUT2D eigenvalue weighted by atomic mass is 19.4. The average Bonchev–Trinajstić information content (AvgIpc) is 2.85. The van der Waals surface area contributed by atoms with Crippen LogP contribution in [0.4, 0.5) is 22.0 Å². The Bertz CT molecular complexity index is 1060. The van der Waals surface area contributed by atoms with E-state index in [1.165, 1.54) is 18.8 Å². The second-order valence-corrected chi connectivity index (χ2v) is 9.37. The number of nitrogens with zero attached hydrogens (tertiary/aromatic N) is 2. The molecule has 1 saturated carbocycles. The van der Waals surface area contributed by atoms with Crippen molar-refractivity contribution in [3.05, 3.63) is 71.8 Å². The fourth-order valence-corrected chi connectivity index (χ4v) is 5.09. The lowest BCUT2D eigenvalue weighted by atomic mass is 9.73. The van der Waals surface area contributed by atoms with Crippen LogP contribution in [0.3, 0.4) is 0 Å². The smallest absolute Gasteiger partial charge is 0.427 e. The lowest BCUT2D eigenvalue weighted by Gasteiger charge is -2.32. The molecule has 2 aliphatic rings. The zero-order chi connectivity index (χ0) is 25.8. The topological polar surface area (TPSA) is 44.2 Å². The van der Waals surface area contributed by atoms with Crippen molar-refractivity contribution in [1.29, 1.82) is 0 Å². The van der Waals surface area contributed by atoms with Gasteiger partial charge in [0.25, 0.3) is 0 Å². The van der Waals surface area contributed by atoms with Crippen LogP contribution in [0.15, 0.2) is 60.5 Å². The fraction of sp³-hybridized carbons (Fsp3) is 0.481. The maximum atomic E-state index is 14.6. The highest BCUT2D eigenvalue weighted by molar-refractivity contribution is 5.32. The number of benzene rings is 1. The quantitative estimate of drug-likeness (QED) is 0.280. The molecule has 1 aromatic carbocycles. The highest BCUT2D eigenvalue weighted by Gasteiger charge is 2.39. The first-order chi connectivity index (χ1) is 17.1. The van der Waals surface area contributed by atoms with Gasteiger partial charge in [-0.3, -0.25) is 0 Å². The van der Waals surface area contributed by atoms with Crippen LogP contribution in [0.5, 0.6) is 11.5 Å². The molecule has 4 rings (SSSR count). The van der Waals surface area contributed by atoms with E-state index in [-0.39, 0.29) is 11.7 Å². The van der Waals surface area contributed by atoms with Crippen molar-refractivity contribution in [2.24, 2.45) is 11.8 Å². The average molecular weight is 509 g/mol. The molecule has 4 nitrogen and oxygen atoms in total. The van der Waals surface area contributed by atoms with Crippen LogP contribution in [0.1, 0.15) is 69.2 Å². The van der Waals surface area contributed by atoms with Gasteiger partial charge in [0.05, 0.1) is 0 Å². The zero-order valence-corrected chi connectivity index (χ0v) is 20.0. The van der Waals surface area contributed by atoms with Gasteiger partial charge in [-0.25, -0.2) is 9.97 Å². The summed E-state index contributed by atoms with van der Waals surface area (Å²) in [6, 6.07) is 3.71. The Balaban J connectivity index is 1.31. The van der Waals surface area contributed by atoms with Crippen molar-refractivity contribution in [3.8, 4) is 11.5 Å². The maximum Gasteiger partial charge on any atom is 0.573 e. The number of halogens is 5. The van der Waals surface area contributed by atoms with Crippen LogP contribution in [-0.2, 0) is 6.11 Å². The third kappa shape index (κ3) is 6.83. The molecule has 0 aliphatic heterocycles. The summed E-state index contributed by atoms with van der Waals surface area (Å²) in [7, 11) is 0. The van der Waals surface area contributed by atoms with Crippen molar-refractivity contribution in [2.45, 2.75) is 70.3 Å². The predicted octanol–water partition coefficient (Wildman–Crippen LogP) is 8.08. The molecule has 2 aromatic rings. The minimum Gasteiger partial charge on any atom is -0.427 e. The summed E-state index contributed by atoms with van der Waals surface area (Å²) in [6.07, 6.45) is 8.47. The third-order valence-electron chi connectivity index (χ3n) is 6.91. The summed E-state index contributed by atoms with van der Waals surface area (Å²) in [6.45, 7) is 2.06. The molecule has 2 aliphatic carbocycles. The molecular formula is C27H29F5N2O2. The van der Waals surface area contributed by atoms with Gasteiger partial charge in [0.1, 0.15) is 11.5 Å². The Morgan fingerprint density at radius 3 is 1.94 bits per heavy atom. The Labute approximate surface area is 207 Å². The summed E-state index contributed by atoms with van der Waals surface area (Å²) in [4.78, 5) is 7.69. The first kappa shape index (κ1) is 26.1. The van der Waals surface area contributed by atoms with Gasteiger partial charge in [0.2, 0.25) is 5.82 Å². The van der Waals surface area contributed by atoms with Crippen molar-refractivity contribution in [3.63, 3.8) is 0 Å².